The molecule has 2 aromatic heterocycles. The molecule has 0 N–H and O–H groups in total. The van der Waals surface area contributed by atoms with Gasteiger partial charge < -0.3 is 4.42 Å². The van der Waals surface area contributed by atoms with Crippen LogP contribution in [0.3, 0.4) is 0 Å². The van der Waals surface area contributed by atoms with Crippen LogP contribution in [0.2, 0.25) is 5.02 Å². The van der Waals surface area contributed by atoms with Crippen LogP contribution < -0.4 is 5.76 Å². The van der Waals surface area contributed by atoms with Crippen molar-refractivity contribution in [2.24, 2.45) is 0 Å². The molecule has 0 saturated carbocycles. The van der Waals surface area contributed by atoms with Crippen LogP contribution in [-0.2, 0) is 23.1 Å². The fraction of sp³-hybridized carbons (Fsp3) is 0.353. The van der Waals surface area contributed by atoms with E-state index in [9.17, 15) is 13.2 Å². The van der Waals surface area contributed by atoms with Crippen molar-refractivity contribution < 1.29 is 12.8 Å². The van der Waals surface area contributed by atoms with Gasteiger partial charge in [0.15, 0.2) is 15.4 Å². The monoisotopic (exact) mass is 412 g/mol. The molecule has 0 spiro atoms. The van der Waals surface area contributed by atoms with Crippen molar-refractivity contribution in [2.75, 3.05) is 11.5 Å². The Hall–Kier alpha value is -1.61. The summed E-state index contributed by atoms with van der Waals surface area (Å²) in [5.41, 5.74) is 1.08. The minimum Gasteiger partial charge on any atom is -0.408 e. The van der Waals surface area contributed by atoms with Crippen molar-refractivity contribution in [3.05, 3.63) is 56.2 Å². The van der Waals surface area contributed by atoms with E-state index in [1.54, 1.807) is 29.5 Å². The van der Waals surface area contributed by atoms with Gasteiger partial charge >= 0.3 is 5.76 Å². The zero-order chi connectivity index (χ0) is 18.3. The molecule has 0 bridgehead atoms. The lowest BCUT2D eigenvalue weighted by Crippen LogP contribution is -2.39. The summed E-state index contributed by atoms with van der Waals surface area (Å²) >= 11 is 7.68. The number of hydrogen-bond donors (Lipinski definition) is 0. The molecule has 3 heterocycles. The van der Waals surface area contributed by atoms with E-state index in [0.717, 1.165) is 4.88 Å². The van der Waals surface area contributed by atoms with Crippen molar-refractivity contribution in [2.45, 2.75) is 25.7 Å². The van der Waals surface area contributed by atoms with Crippen LogP contribution in [0.25, 0.3) is 11.1 Å². The van der Waals surface area contributed by atoms with Crippen LogP contribution in [0, 0.1) is 0 Å². The summed E-state index contributed by atoms with van der Waals surface area (Å²) in [5, 5.41) is 2.50. The Morgan fingerprint density at radius 2 is 2.19 bits per heavy atom. The summed E-state index contributed by atoms with van der Waals surface area (Å²) in [6, 6.07) is 8.87. The molecular weight excluding hydrogens is 396 g/mol. The van der Waals surface area contributed by atoms with Gasteiger partial charge in [-0.1, -0.05) is 17.7 Å². The first kappa shape index (κ1) is 17.8. The van der Waals surface area contributed by atoms with Crippen LogP contribution >= 0.6 is 22.9 Å². The average molecular weight is 413 g/mol. The van der Waals surface area contributed by atoms with Gasteiger partial charge in [-0.25, -0.2) is 13.2 Å². The maximum absolute atomic E-state index is 12.3. The third-order valence-electron chi connectivity index (χ3n) is 4.62. The molecular formula is C17H17ClN2O4S2. The summed E-state index contributed by atoms with van der Waals surface area (Å²) in [5.74, 6) is -0.172. The van der Waals surface area contributed by atoms with E-state index >= 15 is 0 Å². The van der Waals surface area contributed by atoms with Gasteiger partial charge in [0.2, 0.25) is 0 Å². The minimum absolute atomic E-state index is 0.115. The van der Waals surface area contributed by atoms with Crippen molar-refractivity contribution in [3.63, 3.8) is 0 Å². The molecule has 1 atom stereocenters. The second-order valence-electron chi connectivity index (χ2n) is 6.43. The van der Waals surface area contributed by atoms with Gasteiger partial charge in [0.05, 0.1) is 23.7 Å². The molecule has 1 fully saturated rings. The lowest BCUT2D eigenvalue weighted by molar-refractivity contribution is 0.154. The van der Waals surface area contributed by atoms with Crippen LogP contribution in [0.4, 0.5) is 0 Å². The molecule has 1 aliphatic rings. The summed E-state index contributed by atoms with van der Waals surface area (Å²) < 4.78 is 30.7. The number of nitrogens with zero attached hydrogens (tertiary/aromatic N) is 2. The number of thiophene rings is 1. The summed E-state index contributed by atoms with van der Waals surface area (Å²) in [7, 11) is -3.03. The lowest BCUT2D eigenvalue weighted by atomic mass is 10.2. The molecule has 0 aliphatic carbocycles. The van der Waals surface area contributed by atoms with E-state index in [1.807, 2.05) is 22.4 Å². The third-order valence-corrected chi connectivity index (χ3v) is 7.46. The molecule has 6 nitrogen and oxygen atoms in total. The van der Waals surface area contributed by atoms with Crippen LogP contribution in [0.5, 0.6) is 0 Å². The van der Waals surface area contributed by atoms with Crippen molar-refractivity contribution in [1.29, 1.82) is 0 Å². The normalized spacial score (nSPS) is 19.5. The van der Waals surface area contributed by atoms with E-state index in [4.69, 9.17) is 16.0 Å². The lowest BCUT2D eigenvalue weighted by Gasteiger charge is -2.27. The molecule has 138 valence electrons. The highest BCUT2D eigenvalue weighted by Crippen LogP contribution is 2.24. The Bertz CT molecular complexity index is 1090. The number of halogens is 1. The number of benzene rings is 1. The average Bonchev–Trinajstić information content (AvgIpc) is 3.28. The fourth-order valence-corrected chi connectivity index (χ4v) is 5.97. The molecule has 0 radical (unpaired) electrons. The van der Waals surface area contributed by atoms with E-state index in [-0.39, 0.29) is 24.2 Å². The number of rotatable bonds is 5. The predicted molar refractivity (Wildman–Crippen MR) is 102 cm³/mol. The van der Waals surface area contributed by atoms with Crippen LogP contribution in [0.15, 0.2) is 44.9 Å². The van der Waals surface area contributed by atoms with Crippen molar-refractivity contribution in [3.8, 4) is 0 Å². The SMILES string of the molecule is O=c1oc2ccc(Cl)cc2n1CN(Cc1cccs1)[C@H]1CCS(=O)(=O)C1. The van der Waals surface area contributed by atoms with Gasteiger partial charge in [0.1, 0.15) is 0 Å². The second kappa shape index (κ2) is 6.84. The quantitative estimate of drug-likeness (QED) is 0.644. The number of oxazole rings is 1. The van der Waals surface area contributed by atoms with Gasteiger partial charge in [0, 0.05) is 22.5 Å². The highest BCUT2D eigenvalue weighted by Gasteiger charge is 2.33. The van der Waals surface area contributed by atoms with Gasteiger partial charge in [-0.05, 0) is 36.1 Å². The topological polar surface area (TPSA) is 72.5 Å². The highest BCUT2D eigenvalue weighted by atomic mass is 35.5. The fourth-order valence-electron chi connectivity index (χ4n) is 3.31. The van der Waals surface area contributed by atoms with Gasteiger partial charge in [-0.2, -0.15) is 0 Å². The largest absolute Gasteiger partial charge is 0.421 e. The Morgan fingerprint density at radius 1 is 1.35 bits per heavy atom. The van der Waals surface area contributed by atoms with Crippen LogP contribution in [-0.4, -0.2) is 35.4 Å². The van der Waals surface area contributed by atoms with E-state index in [0.29, 0.717) is 29.1 Å². The van der Waals surface area contributed by atoms with Crippen molar-refractivity contribution >= 4 is 43.9 Å². The molecule has 9 heteroatoms. The number of aromatic nitrogens is 1. The van der Waals surface area contributed by atoms with Gasteiger partial charge in [0.25, 0.3) is 0 Å². The first-order valence-corrected chi connectivity index (χ1v) is 11.2. The first-order valence-electron chi connectivity index (χ1n) is 8.17. The molecule has 26 heavy (non-hydrogen) atoms. The smallest absolute Gasteiger partial charge is 0.408 e. The molecule has 1 saturated heterocycles. The van der Waals surface area contributed by atoms with Gasteiger partial charge in [-0.15, -0.1) is 11.3 Å². The minimum atomic E-state index is -3.03. The maximum Gasteiger partial charge on any atom is 0.421 e. The standard InChI is InChI=1S/C17H17ClN2O4S2/c18-12-3-4-16-15(8-12)20(17(21)24-16)11-19(9-14-2-1-6-25-14)13-5-7-26(22,23)10-13/h1-4,6,8,13H,5,7,9-11H2/t13-/m0/s1. The summed E-state index contributed by atoms with van der Waals surface area (Å²) in [6.07, 6.45) is 0.568. The zero-order valence-corrected chi connectivity index (χ0v) is 16.2. The van der Waals surface area contributed by atoms with E-state index in [1.165, 1.54) is 4.57 Å². The molecule has 1 aliphatic heterocycles. The Balaban J connectivity index is 1.70. The maximum atomic E-state index is 12.3. The molecule has 3 aromatic rings. The Kier molecular flexibility index (Phi) is 4.68. The predicted octanol–water partition coefficient (Wildman–Crippen LogP) is 2.96. The second-order valence-corrected chi connectivity index (χ2v) is 10.1. The Morgan fingerprint density at radius 3 is 2.88 bits per heavy atom. The summed E-state index contributed by atoms with van der Waals surface area (Å²) in [4.78, 5) is 15.5. The third kappa shape index (κ3) is 3.59. The highest BCUT2D eigenvalue weighted by molar-refractivity contribution is 7.91. The summed E-state index contributed by atoms with van der Waals surface area (Å²) in [6.45, 7) is 0.835. The number of fused-ring (bicyclic) bond motifs is 1. The number of sulfone groups is 1. The Labute approximate surface area is 159 Å². The molecule has 4 rings (SSSR count). The van der Waals surface area contributed by atoms with Crippen LogP contribution in [0.1, 0.15) is 11.3 Å². The van der Waals surface area contributed by atoms with E-state index < -0.39 is 15.6 Å². The van der Waals surface area contributed by atoms with Gasteiger partial charge in [-0.3, -0.25) is 9.47 Å². The molecule has 0 unspecified atom stereocenters. The zero-order valence-electron chi connectivity index (χ0n) is 13.8. The first-order chi connectivity index (χ1) is 12.4. The van der Waals surface area contributed by atoms with E-state index in [2.05, 4.69) is 0 Å². The van der Waals surface area contributed by atoms with Crippen molar-refractivity contribution in [1.82, 2.24) is 9.47 Å². The molecule has 0 amide bonds. The number of hydrogen-bond acceptors (Lipinski definition) is 6. The molecule has 1 aromatic carbocycles.